The van der Waals surface area contributed by atoms with Crippen LogP contribution in [0.5, 0.6) is 0 Å². The van der Waals surface area contributed by atoms with Gasteiger partial charge in [-0.15, -0.1) is 0 Å². The molecular formula is C19H28N4O. The number of likely N-dealkylation sites (tertiary alicyclic amines) is 1. The Morgan fingerprint density at radius 2 is 2.12 bits per heavy atom. The quantitative estimate of drug-likeness (QED) is 0.923. The summed E-state index contributed by atoms with van der Waals surface area (Å²) in [6, 6.07) is 0.0984. The van der Waals surface area contributed by atoms with Crippen molar-refractivity contribution in [3.63, 3.8) is 0 Å². The van der Waals surface area contributed by atoms with E-state index in [9.17, 15) is 4.79 Å². The highest BCUT2D eigenvalue weighted by Gasteiger charge is 2.32. The van der Waals surface area contributed by atoms with Gasteiger partial charge >= 0.3 is 0 Å². The first kappa shape index (κ1) is 16.0. The largest absolute Gasteiger partial charge is 0.332 e. The third-order valence-electron chi connectivity index (χ3n) is 5.94. The molecule has 1 amide bonds. The minimum Gasteiger partial charge on any atom is -0.332 e. The van der Waals surface area contributed by atoms with Crippen molar-refractivity contribution in [2.24, 2.45) is 5.92 Å². The summed E-state index contributed by atoms with van der Waals surface area (Å²) in [5, 5.41) is 3.36. The Morgan fingerprint density at radius 3 is 3.00 bits per heavy atom. The lowest BCUT2D eigenvalue weighted by atomic mass is 10.0. The highest BCUT2D eigenvalue weighted by molar-refractivity contribution is 5.76. The van der Waals surface area contributed by atoms with Crippen molar-refractivity contribution >= 4 is 5.91 Å². The molecule has 1 saturated heterocycles. The summed E-state index contributed by atoms with van der Waals surface area (Å²) in [6.45, 7) is 2.72. The van der Waals surface area contributed by atoms with Crippen LogP contribution in [0, 0.1) is 5.92 Å². The lowest BCUT2D eigenvalue weighted by molar-refractivity contribution is -0.132. The second-order valence-electron chi connectivity index (χ2n) is 7.56. The van der Waals surface area contributed by atoms with Crippen LogP contribution in [-0.4, -0.2) is 33.9 Å². The van der Waals surface area contributed by atoms with Crippen molar-refractivity contribution in [3.05, 3.63) is 23.3 Å². The van der Waals surface area contributed by atoms with E-state index >= 15 is 0 Å². The average Bonchev–Trinajstić information content (AvgIpc) is 3.31. The molecule has 0 bridgehead atoms. The number of hydrogen-bond donors (Lipinski definition) is 1. The predicted octanol–water partition coefficient (Wildman–Crippen LogP) is 2.76. The smallest absolute Gasteiger partial charge is 0.223 e. The lowest BCUT2D eigenvalue weighted by Gasteiger charge is -2.25. The van der Waals surface area contributed by atoms with E-state index in [1.54, 1.807) is 0 Å². The van der Waals surface area contributed by atoms with Gasteiger partial charge in [0.25, 0.3) is 0 Å². The summed E-state index contributed by atoms with van der Waals surface area (Å²) in [6.07, 6.45) is 12.1. The van der Waals surface area contributed by atoms with Gasteiger partial charge in [0.15, 0.2) is 5.82 Å². The van der Waals surface area contributed by atoms with Gasteiger partial charge in [-0.05, 0) is 25.2 Å². The van der Waals surface area contributed by atoms with Gasteiger partial charge in [0.2, 0.25) is 5.91 Å². The van der Waals surface area contributed by atoms with Gasteiger partial charge in [-0.3, -0.25) is 4.79 Å². The fourth-order valence-corrected chi connectivity index (χ4v) is 4.52. The Hall–Kier alpha value is -1.49. The van der Waals surface area contributed by atoms with E-state index in [1.807, 2.05) is 6.20 Å². The highest BCUT2D eigenvalue weighted by atomic mass is 16.2. The maximum absolute atomic E-state index is 12.7. The Morgan fingerprint density at radius 1 is 1.25 bits per heavy atom. The van der Waals surface area contributed by atoms with Crippen LogP contribution >= 0.6 is 0 Å². The maximum atomic E-state index is 12.7. The molecule has 3 aliphatic rings. The topological polar surface area (TPSA) is 58.1 Å². The molecule has 2 fully saturated rings. The van der Waals surface area contributed by atoms with Crippen molar-refractivity contribution in [2.45, 2.75) is 70.4 Å². The molecule has 1 N–H and O–H groups in total. The molecule has 1 aromatic heterocycles. The molecule has 4 rings (SSSR count). The third-order valence-corrected chi connectivity index (χ3v) is 5.94. The summed E-state index contributed by atoms with van der Waals surface area (Å²) in [7, 11) is 0. The first-order valence-corrected chi connectivity index (χ1v) is 9.66. The highest BCUT2D eigenvalue weighted by Crippen LogP contribution is 2.33. The zero-order valence-electron chi connectivity index (χ0n) is 14.5. The average molecular weight is 328 g/mol. The summed E-state index contributed by atoms with van der Waals surface area (Å²) in [5.41, 5.74) is 2.38. The van der Waals surface area contributed by atoms with E-state index < -0.39 is 0 Å². The molecule has 5 nitrogen and oxygen atoms in total. The zero-order valence-corrected chi connectivity index (χ0v) is 14.5. The van der Waals surface area contributed by atoms with Crippen molar-refractivity contribution in [1.82, 2.24) is 20.2 Å². The number of hydrogen-bond acceptors (Lipinski definition) is 4. The number of amides is 1. The van der Waals surface area contributed by atoms with Crippen molar-refractivity contribution < 1.29 is 4.79 Å². The summed E-state index contributed by atoms with van der Waals surface area (Å²) in [4.78, 5) is 24.2. The van der Waals surface area contributed by atoms with Crippen molar-refractivity contribution in [3.8, 4) is 0 Å². The summed E-state index contributed by atoms with van der Waals surface area (Å²) >= 11 is 0. The monoisotopic (exact) mass is 328 g/mol. The Labute approximate surface area is 144 Å². The molecule has 1 aliphatic carbocycles. The van der Waals surface area contributed by atoms with Gasteiger partial charge in [0.1, 0.15) is 0 Å². The molecule has 0 radical (unpaired) electrons. The first-order valence-electron chi connectivity index (χ1n) is 9.66. The lowest BCUT2D eigenvalue weighted by Crippen LogP contribution is -2.32. The van der Waals surface area contributed by atoms with Crippen LogP contribution < -0.4 is 5.32 Å². The van der Waals surface area contributed by atoms with Crippen LogP contribution in [0.3, 0.4) is 0 Å². The molecule has 5 heteroatoms. The van der Waals surface area contributed by atoms with E-state index in [2.05, 4.69) is 15.2 Å². The Bertz CT molecular complexity index is 597. The molecule has 3 heterocycles. The van der Waals surface area contributed by atoms with Crippen molar-refractivity contribution in [1.29, 1.82) is 0 Å². The maximum Gasteiger partial charge on any atom is 0.223 e. The molecule has 1 aromatic rings. The molecule has 0 spiro atoms. The van der Waals surface area contributed by atoms with Crippen LogP contribution in [0.15, 0.2) is 6.20 Å². The number of rotatable bonds is 4. The van der Waals surface area contributed by atoms with E-state index in [0.29, 0.717) is 12.3 Å². The summed E-state index contributed by atoms with van der Waals surface area (Å²) < 4.78 is 0. The first-order chi connectivity index (χ1) is 11.8. The SMILES string of the molecule is O=C(CCC1CCCC1)N1CCC[C@H]1c1ncc2c(n1)CCNC2. The van der Waals surface area contributed by atoms with Crippen LogP contribution in [0.4, 0.5) is 0 Å². The predicted molar refractivity (Wildman–Crippen MR) is 92.3 cm³/mol. The molecule has 130 valence electrons. The van der Waals surface area contributed by atoms with Crippen LogP contribution in [0.25, 0.3) is 0 Å². The minimum atomic E-state index is 0.0984. The van der Waals surface area contributed by atoms with Crippen molar-refractivity contribution in [2.75, 3.05) is 13.1 Å². The van der Waals surface area contributed by atoms with Gasteiger partial charge in [0.05, 0.1) is 6.04 Å². The van der Waals surface area contributed by atoms with E-state index in [1.165, 1.54) is 36.9 Å². The third kappa shape index (κ3) is 3.32. The number of aromatic nitrogens is 2. The number of carbonyl (C=O) groups excluding carboxylic acids is 1. The van der Waals surface area contributed by atoms with Crippen LogP contribution in [-0.2, 0) is 17.8 Å². The van der Waals surface area contributed by atoms with Crippen LogP contribution in [0.1, 0.15) is 74.5 Å². The Kier molecular flexibility index (Phi) is 4.79. The van der Waals surface area contributed by atoms with E-state index in [4.69, 9.17) is 4.98 Å². The normalized spacial score (nSPS) is 24.3. The van der Waals surface area contributed by atoms with Gasteiger partial charge in [0, 0.05) is 49.9 Å². The number of carbonyl (C=O) groups is 1. The molecule has 24 heavy (non-hydrogen) atoms. The molecule has 2 aliphatic heterocycles. The van der Waals surface area contributed by atoms with Crippen LogP contribution in [0.2, 0.25) is 0 Å². The summed E-state index contributed by atoms with van der Waals surface area (Å²) in [5.74, 6) is 1.96. The fraction of sp³-hybridized carbons (Fsp3) is 0.737. The second kappa shape index (κ2) is 7.18. The van der Waals surface area contributed by atoms with Gasteiger partial charge in [-0.2, -0.15) is 0 Å². The Balaban J connectivity index is 1.43. The van der Waals surface area contributed by atoms with Gasteiger partial charge in [-0.1, -0.05) is 25.7 Å². The zero-order chi connectivity index (χ0) is 16.4. The second-order valence-corrected chi connectivity index (χ2v) is 7.56. The molecule has 1 atom stereocenters. The molecule has 1 saturated carbocycles. The molecule has 0 aromatic carbocycles. The molecular weight excluding hydrogens is 300 g/mol. The minimum absolute atomic E-state index is 0.0984. The number of fused-ring (bicyclic) bond motifs is 1. The standard InChI is InChI=1S/C19H28N4O/c24-18(8-7-14-4-1-2-5-14)23-11-3-6-17(23)19-21-13-15-12-20-10-9-16(15)22-19/h13-14,17,20H,1-12H2/t17-/m0/s1. The fourth-order valence-electron chi connectivity index (χ4n) is 4.52. The van der Waals surface area contributed by atoms with E-state index in [0.717, 1.165) is 57.1 Å². The van der Waals surface area contributed by atoms with Gasteiger partial charge in [-0.25, -0.2) is 9.97 Å². The van der Waals surface area contributed by atoms with E-state index in [-0.39, 0.29) is 6.04 Å². The molecule has 0 unspecified atom stereocenters. The number of nitrogens with one attached hydrogen (secondary N) is 1. The number of nitrogens with zero attached hydrogens (tertiary/aromatic N) is 3. The van der Waals surface area contributed by atoms with Gasteiger partial charge < -0.3 is 10.2 Å².